The number of carbonyl (C=O) groups excluding carboxylic acids is 1. The van der Waals surface area contributed by atoms with Gasteiger partial charge in [0.1, 0.15) is 11.6 Å². The van der Waals surface area contributed by atoms with Gasteiger partial charge in [0.25, 0.3) is 0 Å². The lowest BCUT2D eigenvalue weighted by Gasteiger charge is -2.38. The van der Waals surface area contributed by atoms with E-state index in [0.717, 1.165) is 6.42 Å². The third-order valence-corrected chi connectivity index (χ3v) is 7.55. The Morgan fingerprint density at radius 3 is 2.41 bits per heavy atom. The Hall–Kier alpha value is -1.43. The monoisotopic (exact) mass is 326 g/mol. The molecular weight excluding hydrogens is 307 g/mol. The average Bonchev–Trinajstić information content (AvgIpc) is 2.44. The van der Waals surface area contributed by atoms with Crippen molar-refractivity contribution in [3.05, 3.63) is 29.6 Å². The summed E-state index contributed by atoms with van der Waals surface area (Å²) >= 11 is 0. The van der Waals surface area contributed by atoms with Crippen molar-refractivity contribution >= 4 is 15.6 Å². The number of fused-ring (bicyclic) bond motifs is 2. The zero-order valence-electron chi connectivity index (χ0n) is 12.4. The summed E-state index contributed by atoms with van der Waals surface area (Å²) in [6.07, 6.45) is 2.89. The molecule has 2 saturated heterocycles. The van der Waals surface area contributed by atoms with Gasteiger partial charge in [-0.15, -0.1) is 0 Å². The maximum absolute atomic E-state index is 13.6. The Labute approximate surface area is 129 Å². The lowest BCUT2D eigenvalue weighted by Crippen LogP contribution is -2.45. The van der Waals surface area contributed by atoms with Crippen LogP contribution in [0.1, 0.15) is 42.5 Å². The predicted molar refractivity (Wildman–Crippen MR) is 80.4 cm³/mol. The van der Waals surface area contributed by atoms with Crippen LogP contribution in [0.2, 0.25) is 0 Å². The topological polar surface area (TPSA) is 60.4 Å². The molecular formula is C16H19FO4S. The Bertz CT molecular complexity index is 678. The number of benzene rings is 1. The van der Waals surface area contributed by atoms with Crippen molar-refractivity contribution in [2.45, 2.75) is 42.6 Å². The average molecular weight is 326 g/mol. The molecule has 6 heteroatoms. The van der Waals surface area contributed by atoms with E-state index < -0.39 is 26.2 Å². The SMILES string of the molecule is COc1cc(F)cc(C(=O)C2CC3CCCC(C2)S3(=O)=O)c1. The molecule has 0 aliphatic carbocycles. The van der Waals surface area contributed by atoms with Gasteiger partial charge in [0.15, 0.2) is 15.6 Å². The summed E-state index contributed by atoms with van der Waals surface area (Å²) in [6.45, 7) is 0. The van der Waals surface area contributed by atoms with Crippen LogP contribution in [-0.2, 0) is 9.84 Å². The van der Waals surface area contributed by atoms with Crippen molar-refractivity contribution in [3.8, 4) is 5.75 Å². The van der Waals surface area contributed by atoms with Gasteiger partial charge >= 0.3 is 0 Å². The highest BCUT2D eigenvalue weighted by molar-refractivity contribution is 7.92. The summed E-state index contributed by atoms with van der Waals surface area (Å²) < 4.78 is 43.1. The molecule has 3 rings (SSSR count). The van der Waals surface area contributed by atoms with Crippen molar-refractivity contribution < 1.29 is 22.3 Å². The standard InChI is InChI=1S/C16H19FO4S/c1-21-13-6-10(5-12(17)9-13)16(18)11-7-14-3-2-4-15(8-11)22(14,19)20/h5-6,9,11,14-15H,2-4,7-8H2,1H3. The van der Waals surface area contributed by atoms with Gasteiger partial charge in [-0.05, 0) is 37.8 Å². The second-order valence-corrected chi connectivity index (χ2v) is 8.69. The van der Waals surface area contributed by atoms with Crippen LogP contribution in [0.25, 0.3) is 0 Å². The summed E-state index contributed by atoms with van der Waals surface area (Å²) in [5.41, 5.74) is 0.263. The highest BCUT2D eigenvalue weighted by atomic mass is 32.2. The smallest absolute Gasteiger partial charge is 0.166 e. The van der Waals surface area contributed by atoms with E-state index in [4.69, 9.17) is 4.74 Å². The predicted octanol–water partition coefficient (Wildman–Crippen LogP) is 2.76. The van der Waals surface area contributed by atoms with Gasteiger partial charge in [0, 0.05) is 17.5 Å². The lowest BCUT2D eigenvalue weighted by atomic mass is 9.84. The molecule has 2 unspecified atom stereocenters. The van der Waals surface area contributed by atoms with E-state index in [1.807, 2.05) is 0 Å². The van der Waals surface area contributed by atoms with Crippen LogP contribution in [-0.4, -0.2) is 31.8 Å². The van der Waals surface area contributed by atoms with Crippen molar-refractivity contribution in [2.75, 3.05) is 7.11 Å². The van der Waals surface area contributed by atoms with E-state index in [9.17, 15) is 17.6 Å². The Kier molecular flexibility index (Phi) is 3.97. The summed E-state index contributed by atoms with van der Waals surface area (Å²) in [7, 11) is -1.67. The summed E-state index contributed by atoms with van der Waals surface area (Å²) in [5, 5.41) is -0.825. The molecule has 4 nitrogen and oxygen atoms in total. The zero-order chi connectivity index (χ0) is 15.9. The molecule has 0 radical (unpaired) electrons. The lowest BCUT2D eigenvalue weighted by molar-refractivity contribution is 0.0893. The van der Waals surface area contributed by atoms with Gasteiger partial charge in [-0.3, -0.25) is 4.79 Å². The molecule has 1 aromatic carbocycles. The quantitative estimate of drug-likeness (QED) is 0.801. The minimum Gasteiger partial charge on any atom is -0.497 e. The van der Waals surface area contributed by atoms with Crippen molar-refractivity contribution in [2.24, 2.45) is 5.92 Å². The van der Waals surface area contributed by atoms with E-state index in [2.05, 4.69) is 0 Å². The molecule has 2 aliphatic heterocycles. The van der Waals surface area contributed by atoms with Crippen molar-refractivity contribution in [3.63, 3.8) is 0 Å². The van der Waals surface area contributed by atoms with Crippen molar-refractivity contribution in [1.82, 2.24) is 0 Å². The number of hydrogen-bond acceptors (Lipinski definition) is 4. The third kappa shape index (κ3) is 2.64. The van der Waals surface area contributed by atoms with Gasteiger partial charge in [-0.2, -0.15) is 0 Å². The number of sulfone groups is 1. The van der Waals surface area contributed by atoms with Gasteiger partial charge in [0.05, 0.1) is 17.6 Å². The van der Waals surface area contributed by atoms with Crippen LogP contribution in [0.5, 0.6) is 5.75 Å². The van der Waals surface area contributed by atoms with E-state index in [1.165, 1.54) is 25.3 Å². The van der Waals surface area contributed by atoms with Crippen molar-refractivity contribution in [1.29, 1.82) is 0 Å². The number of ketones is 1. The highest BCUT2D eigenvalue weighted by Crippen LogP contribution is 2.40. The van der Waals surface area contributed by atoms with Gasteiger partial charge in [-0.1, -0.05) is 6.42 Å². The van der Waals surface area contributed by atoms with Crippen LogP contribution in [0, 0.1) is 11.7 Å². The number of rotatable bonds is 3. The number of halogens is 1. The minimum absolute atomic E-state index is 0.176. The first kappa shape index (κ1) is 15.5. The van der Waals surface area contributed by atoms with Crippen LogP contribution in [0.15, 0.2) is 18.2 Å². The Morgan fingerprint density at radius 1 is 1.18 bits per heavy atom. The highest BCUT2D eigenvalue weighted by Gasteiger charge is 2.46. The molecule has 0 saturated carbocycles. The fraction of sp³-hybridized carbons (Fsp3) is 0.562. The van der Waals surface area contributed by atoms with E-state index in [-0.39, 0.29) is 17.3 Å². The molecule has 0 spiro atoms. The number of ether oxygens (including phenoxy) is 1. The second-order valence-electron chi connectivity index (χ2n) is 6.18. The molecule has 0 aromatic heterocycles. The molecule has 2 bridgehead atoms. The van der Waals surface area contributed by atoms with E-state index in [0.29, 0.717) is 31.4 Å². The third-order valence-electron chi connectivity index (χ3n) is 4.84. The second kappa shape index (κ2) is 5.65. The summed E-state index contributed by atoms with van der Waals surface area (Å²) in [5.74, 6) is -0.742. The first-order chi connectivity index (χ1) is 10.4. The maximum atomic E-state index is 13.6. The molecule has 22 heavy (non-hydrogen) atoms. The number of carbonyl (C=O) groups is 1. The Morgan fingerprint density at radius 2 is 1.82 bits per heavy atom. The number of methoxy groups -OCH3 is 1. The molecule has 2 aliphatic rings. The molecule has 1 aromatic rings. The molecule has 2 atom stereocenters. The van der Waals surface area contributed by atoms with E-state index >= 15 is 0 Å². The van der Waals surface area contributed by atoms with Crippen LogP contribution in [0.4, 0.5) is 4.39 Å². The van der Waals surface area contributed by atoms with Crippen LogP contribution < -0.4 is 4.74 Å². The first-order valence-corrected chi connectivity index (χ1v) is 9.14. The van der Waals surface area contributed by atoms with E-state index in [1.54, 1.807) is 0 Å². The molecule has 2 fully saturated rings. The molecule has 0 N–H and O–H groups in total. The Balaban J connectivity index is 1.86. The van der Waals surface area contributed by atoms with Gasteiger partial charge in [0.2, 0.25) is 0 Å². The zero-order valence-corrected chi connectivity index (χ0v) is 13.2. The fourth-order valence-electron chi connectivity index (χ4n) is 3.68. The normalized spacial score (nSPS) is 29.8. The van der Waals surface area contributed by atoms with Crippen LogP contribution >= 0.6 is 0 Å². The summed E-state index contributed by atoms with van der Waals surface area (Å²) in [4.78, 5) is 12.6. The minimum atomic E-state index is -3.09. The number of hydrogen-bond donors (Lipinski definition) is 0. The van der Waals surface area contributed by atoms with Crippen LogP contribution in [0.3, 0.4) is 0 Å². The molecule has 2 heterocycles. The summed E-state index contributed by atoms with van der Waals surface area (Å²) in [6, 6.07) is 3.94. The fourth-order valence-corrected chi connectivity index (χ4v) is 6.22. The van der Waals surface area contributed by atoms with Gasteiger partial charge < -0.3 is 4.74 Å². The first-order valence-electron chi connectivity index (χ1n) is 7.53. The molecule has 120 valence electrons. The number of Topliss-reactive ketones (excluding diaryl/α,β-unsaturated/α-hetero) is 1. The largest absolute Gasteiger partial charge is 0.497 e. The maximum Gasteiger partial charge on any atom is 0.166 e. The van der Waals surface area contributed by atoms with Gasteiger partial charge in [-0.25, -0.2) is 12.8 Å². The molecule has 0 amide bonds.